The molecule has 1 aromatic heterocycles. The minimum atomic E-state index is 0.300. The second kappa shape index (κ2) is 8.72. The fourth-order valence-electron chi connectivity index (χ4n) is 1.94. The molecule has 1 aromatic rings. The summed E-state index contributed by atoms with van der Waals surface area (Å²) in [6.07, 6.45) is 5.11. The minimum absolute atomic E-state index is 0.300. The summed E-state index contributed by atoms with van der Waals surface area (Å²) >= 11 is 1.98. The van der Waals surface area contributed by atoms with Gasteiger partial charge in [-0.15, -0.1) is 11.3 Å². The quantitative estimate of drug-likeness (QED) is 0.692. The van der Waals surface area contributed by atoms with Gasteiger partial charge in [0.15, 0.2) is 0 Å². The fourth-order valence-corrected chi connectivity index (χ4v) is 3.05. The van der Waals surface area contributed by atoms with Gasteiger partial charge in [0.1, 0.15) is 0 Å². The Bertz CT molecular complexity index is 341. The van der Waals surface area contributed by atoms with Crippen molar-refractivity contribution < 1.29 is 4.74 Å². The van der Waals surface area contributed by atoms with E-state index in [9.17, 15) is 0 Å². The first kappa shape index (κ1) is 16.7. The van der Waals surface area contributed by atoms with Crippen LogP contribution in [0.2, 0.25) is 0 Å². The van der Waals surface area contributed by atoms with Crippen molar-refractivity contribution in [1.29, 1.82) is 0 Å². The van der Waals surface area contributed by atoms with Crippen molar-refractivity contribution in [2.24, 2.45) is 0 Å². The zero-order valence-electron chi connectivity index (χ0n) is 12.9. The van der Waals surface area contributed by atoms with Crippen LogP contribution < -0.4 is 5.32 Å². The van der Waals surface area contributed by atoms with E-state index in [1.807, 2.05) is 11.3 Å². The van der Waals surface area contributed by atoms with Gasteiger partial charge in [0.25, 0.3) is 0 Å². The number of hydrogen-bond acceptors (Lipinski definition) is 3. The van der Waals surface area contributed by atoms with Gasteiger partial charge < -0.3 is 10.1 Å². The maximum absolute atomic E-state index is 5.00. The first-order valence-corrected chi connectivity index (χ1v) is 8.14. The third-order valence-corrected chi connectivity index (χ3v) is 4.73. The molecule has 0 bridgehead atoms. The molecule has 0 aliphatic rings. The summed E-state index contributed by atoms with van der Waals surface area (Å²) in [6.45, 7) is 9.75. The van der Waals surface area contributed by atoms with E-state index in [-0.39, 0.29) is 0 Å². The van der Waals surface area contributed by atoms with Crippen LogP contribution in [0.3, 0.4) is 0 Å². The second-order valence-corrected chi connectivity index (χ2v) is 7.24. The topological polar surface area (TPSA) is 21.3 Å². The Balaban J connectivity index is 2.08. The highest BCUT2D eigenvalue weighted by Gasteiger charge is 2.15. The number of nitrogens with one attached hydrogen (secondary N) is 1. The molecule has 0 aliphatic carbocycles. The molecule has 0 aliphatic heterocycles. The maximum atomic E-state index is 5.00. The lowest BCUT2D eigenvalue weighted by Crippen LogP contribution is -2.20. The van der Waals surface area contributed by atoms with E-state index >= 15 is 0 Å². The standard InChI is InChI=1S/C16H29NOS/c1-16(2,3)15-10-9-14(19-15)8-6-5-7-11-17-12-13-18-4/h9-10,17H,5-8,11-13H2,1-4H3. The van der Waals surface area contributed by atoms with Gasteiger partial charge in [-0.2, -0.15) is 0 Å². The highest BCUT2D eigenvalue weighted by atomic mass is 32.1. The Morgan fingerprint density at radius 2 is 1.89 bits per heavy atom. The fraction of sp³-hybridized carbons (Fsp3) is 0.750. The van der Waals surface area contributed by atoms with Crippen LogP contribution >= 0.6 is 11.3 Å². The van der Waals surface area contributed by atoms with Crippen LogP contribution in [-0.2, 0) is 16.6 Å². The zero-order chi connectivity index (χ0) is 14.1. The van der Waals surface area contributed by atoms with Gasteiger partial charge >= 0.3 is 0 Å². The van der Waals surface area contributed by atoms with Crippen LogP contribution in [0.5, 0.6) is 0 Å². The van der Waals surface area contributed by atoms with Crippen molar-refractivity contribution in [1.82, 2.24) is 5.32 Å². The number of hydrogen-bond donors (Lipinski definition) is 1. The van der Waals surface area contributed by atoms with Crippen molar-refractivity contribution in [3.05, 3.63) is 21.9 Å². The molecule has 19 heavy (non-hydrogen) atoms. The largest absolute Gasteiger partial charge is 0.383 e. The van der Waals surface area contributed by atoms with Gasteiger partial charge in [-0.1, -0.05) is 27.2 Å². The van der Waals surface area contributed by atoms with Crippen LogP contribution in [0.1, 0.15) is 49.8 Å². The number of ether oxygens (including phenoxy) is 1. The van der Waals surface area contributed by atoms with Crippen molar-refractivity contribution in [2.75, 3.05) is 26.8 Å². The molecule has 1 rings (SSSR count). The number of thiophene rings is 1. The Morgan fingerprint density at radius 1 is 1.11 bits per heavy atom. The Morgan fingerprint density at radius 3 is 2.53 bits per heavy atom. The van der Waals surface area contributed by atoms with Gasteiger partial charge in [-0.25, -0.2) is 0 Å². The van der Waals surface area contributed by atoms with Crippen LogP contribution in [0, 0.1) is 0 Å². The Kier molecular flexibility index (Phi) is 7.66. The number of methoxy groups -OCH3 is 1. The third-order valence-electron chi connectivity index (χ3n) is 3.16. The molecule has 0 saturated carbocycles. The molecule has 2 nitrogen and oxygen atoms in total. The molecule has 0 saturated heterocycles. The van der Waals surface area contributed by atoms with Crippen molar-refractivity contribution in [3.63, 3.8) is 0 Å². The molecule has 0 atom stereocenters. The van der Waals surface area contributed by atoms with Crippen molar-refractivity contribution in [3.8, 4) is 0 Å². The molecule has 0 unspecified atom stereocenters. The molecular weight excluding hydrogens is 254 g/mol. The SMILES string of the molecule is COCCNCCCCCc1ccc(C(C)(C)C)s1. The van der Waals surface area contributed by atoms with E-state index in [0.29, 0.717) is 5.41 Å². The summed E-state index contributed by atoms with van der Waals surface area (Å²) in [5, 5.41) is 3.39. The van der Waals surface area contributed by atoms with Gasteiger partial charge in [0, 0.05) is 23.4 Å². The Hall–Kier alpha value is -0.380. The van der Waals surface area contributed by atoms with Gasteiger partial charge in [-0.3, -0.25) is 0 Å². The molecule has 0 radical (unpaired) electrons. The van der Waals surface area contributed by atoms with E-state index in [2.05, 4.69) is 38.2 Å². The maximum Gasteiger partial charge on any atom is 0.0587 e. The second-order valence-electron chi connectivity index (χ2n) is 6.07. The summed E-state index contributed by atoms with van der Waals surface area (Å²) in [5.41, 5.74) is 0.300. The van der Waals surface area contributed by atoms with Gasteiger partial charge in [-0.05, 0) is 43.4 Å². The van der Waals surface area contributed by atoms with Crippen LogP contribution in [0.25, 0.3) is 0 Å². The normalized spacial score (nSPS) is 12.0. The number of aryl methyl sites for hydroxylation is 1. The first-order valence-electron chi connectivity index (χ1n) is 7.33. The number of unbranched alkanes of at least 4 members (excludes halogenated alkanes) is 2. The van der Waals surface area contributed by atoms with E-state index in [1.165, 1.54) is 35.4 Å². The predicted octanol–water partition coefficient (Wildman–Crippen LogP) is 3.99. The minimum Gasteiger partial charge on any atom is -0.383 e. The first-order chi connectivity index (χ1) is 9.04. The molecule has 3 heteroatoms. The summed E-state index contributed by atoms with van der Waals surface area (Å²) in [5.74, 6) is 0. The highest BCUT2D eigenvalue weighted by molar-refractivity contribution is 7.12. The summed E-state index contributed by atoms with van der Waals surface area (Å²) in [7, 11) is 1.74. The monoisotopic (exact) mass is 283 g/mol. The molecule has 0 fully saturated rings. The molecule has 1 heterocycles. The molecule has 0 spiro atoms. The smallest absolute Gasteiger partial charge is 0.0587 e. The lowest BCUT2D eigenvalue weighted by Gasteiger charge is -2.15. The summed E-state index contributed by atoms with van der Waals surface area (Å²) < 4.78 is 5.00. The molecule has 0 aromatic carbocycles. The van der Waals surface area contributed by atoms with E-state index in [4.69, 9.17) is 4.74 Å². The van der Waals surface area contributed by atoms with Crippen molar-refractivity contribution >= 4 is 11.3 Å². The Labute approximate surface area is 122 Å². The average molecular weight is 283 g/mol. The van der Waals surface area contributed by atoms with Crippen molar-refractivity contribution in [2.45, 2.75) is 51.9 Å². The predicted molar refractivity (Wildman–Crippen MR) is 85.3 cm³/mol. The van der Waals surface area contributed by atoms with Crippen LogP contribution in [0.4, 0.5) is 0 Å². The molecular formula is C16H29NOS. The van der Waals surface area contributed by atoms with Crippen LogP contribution in [-0.4, -0.2) is 26.8 Å². The third kappa shape index (κ3) is 7.09. The van der Waals surface area contributed by atoms with E-state index < -0.39 is 0 Å². The van der Waals surface area contributed by atoms with E-state index in [0.717, 1.165) is 19.7 Å². The van der Waals surface area contributed by atoms with Gasteiger partial charge in [0.2, 0.25) is 0 Å². The highest BCUT2D eigenvalue weighted by Crippen LogP contribution is 2.30. The molecule has 110 valence electrons. The summed E-state index contributed by atoms with van der Waals surface area (Å²) in [4.78, 5) is 3.04. The zero-order valence-corrected chi connectivity index (χ0v) is 13.7. The lowest BCUT2D eigenvalue weighted by atomic mass is 9.95. The van der Waals surface area contributed by atoms with Crippen LogP contribution in [0.15, 0.2) is 12.1 Å². The summed E-state index contributed by atoms with van der Waals surface area (Å²) in [6, 6.07) is 4.61. The van der Waals surface area contributed by atoms with E-state index in [1.54, 1.807) is 7.11 Å². The molecule has 0 amide bonds. The number of rotatable bonds is 9. The van der Waals surface area contributed by atoms with Gasteiger partial charge in [0.05, 0.1) is 6.61 Å². The lowest BCUT2D eigenvalue weighted by molar-refractivity contribution is 0.199. The molecule has 1 N–H and O–H groups in total. The average Bonchev–Trinajstić information content (AvgIpc) is 2.81.